The Labute approximate surface area is 205 Å². The standard InChI is InChI=1S/C26H22F2N6O2/c1-2-21(35)33-10-4-7-18(13-33)34-26-22(25(29)30-14-31-26)23(32-34)19-9-8-16(12-20(19)28)24(36)15-5-3-6-17(27)11-15/h2-3,5-6,8-9,11-12,14,18H,1,4,7,10,13H2,(H2,29,30,31). The number of hydrogen-bond donors (Lipinski definition) is 1. The predicted octanol–water partition coefficient (Wildman–Crippen LogP) is 3.93. The van der Waals surface area contributed by atoms with Crippen LogP contribution in [0.3, 0.4) is 0 Å². The monoisotopic (exact) mass is 488 g/mol. The van der Waals surface area contributed by atoms with Crippen molar-refractivity contribution in [3.8, 4) is 11.3 Å². The maximum absolute atomic E-state index is 15.4. The van der Waals surface area contributed by atoms with Gasteiger partial charge in [0.25, 0.3) is 0 Å². The highest BCUT2D eigenvalue weighted by atomic mass is 19.1. The van der Waals surface area contributed by atoms with Crippen LogP contribution >= 0.6 is 0 Å². The molecule has 4 aromatic rings. The van der Waals surface area contributed by atoms with Crippen LogP contribution in [0.2, 0.25) is 0 Å². The molecule has 2 aromatic carbocycles. The third-order valence-corrected chi connectivity index (χ3v) is 6.32. The molecule has 182 valence electrons. The number of hydrogen-bond acceptors (Lipinski definition) is 6. The van der Waals surface area contributed by atoms with Gasteiger partial charge in [0.05, 0.1) is 11.4 Å². The number of aromatic nitrogens is 4. The van der Waals surface area contributed by atoms with E-state index in [1.807, 2.05) is 0 Å². The first-order valence-corrected chi connectivity index (χ1v) is 11.4. The van der Waals surface area contributed by atoms with Crippen molar-refractivity contribution in [2.24, 2.45) is 0 Å². The Morgan fingerprint density at radius 2 is 1.92 bits per heavy atom. The third kappa shape index (κ3) is 4.10. The summed E-state index contributed by atoms with van der Waals surface area (Å²) in [5, 5.41) is 5.05. The number of carbonyl (C=O) groups excluding carboxylic acids is 2. The summed E-state index contributed by atoms with van der Waals surface area (Å²) in [5.41, 5.74) is 7.12. The molecular formula is C26H22F2N6O2. The molecule has 8 nitrogen and oxygen atoms in total. The van der Waals surface area contributed by atoms with Crippen LogP contribution in [0.5, 0.6) is 0 Å². The largest absolute Gasteiger partial charge is 0.383 e. The molecule has 1 fully saturated rings. The number of anilines is 1. The van der Waals surface area contributed by atoms with Gasteiger partial charge in [-0.05, 0) is 43.2 Å². The molecule has 2 N–H and O–H groups in total. The van der Waals surface area contributed by atoms with Gasteiger partial charge in [-0.2, -0.15) is 5.10 Å². The summed E-state index contributed by atoms with van der Waals surface area (Å²) < 4.78 is 30.6. The minimum atomic E-state index is -0.695. The number of nitrogen functional groups attached to an aromatic ring is 1. The van der Waals surface area contributed by atoms with Gasteiger partial charge in [0, 0.05) is 29.8 Å². The molecule has 1 aliphatic rings. The van der Waals surface area contributed by atoms with Crippen molar-refractivity contribution < 1.29 is 18.4 Å². The predicted molar refractivity (Wildman–Crippen MR) is 130 cm³/mol. The summed E-state index contributed by atoms with van der Waals surface area (Å²) in [7, 11) is 0. The van der Waals surface area contributed by atoms with E-state index in [9.17, 15) is 14.0 Å². The number of rotatable bonds is 5. The summed E-state index contributed by atoms with van der Waals surface area (Å²) in [6.45, 7) is 4.57. The van der Waals surface area contributed by atoms with Crippen LogP contribution in [-0.4, -0.2) is 49.4 Å². The quantitative estimate of drug-likeness (QED) is 0.337. The third-order valence-electron chi connectivity index (χ3n) is 6.32. The summed E-state index contributed by atoms with van der Waals surface area (Å²) in [5.74, 6) is -1.79. The second-order valence-electron chi connectivity index (χ2n) is 8.57. The average molecular weight is 488 g/mol. The van der Waals surface area contributed by atoms with Gasteiger partial charge in [0.2, 0.25) is 5.91 Å². The Morgan fingerprint density at radius 3 is 2.67 bits per heavy atom. The van der Waals surface area contributed by atoms with E-state index in [-0.39, 0.29) is 40.2 Å². The van der Waals surface area contributed by atoms with Crippen molar-refractivity contribution in [2.45, 2.75) is 18.9 Å². The van der Waals surface area contributed by atoms with Crippen molar-refractivity contribution in [3.05, 3.63) is 84.2 Å². The minimum Gasteiger partial charge on any atom is -0.383 e. The first-order chi connectivity index (χ1) is 17.4. The minimum absolute atomic E-state index is 0.0701. The Balaban J connectivity index is 1.56. The van der Waals surface area contributed by atoms with E-state index in [4.69, 9.17) is 5.73 Å². The number of halogens is 2. The lowest BCUT2D eigenvalue weighted by molar-refractivity contribution is -0.127. The number of likely N-dealkylation sites (tertiary alicyclic amines) is 1. The van der Waals surface area contributed by atoms with Crippen molar-refractivity contribution in [1.82, 2.24) is 24.6 Å². The SMILES string of the molecule is C=CC(=O)N1CCCC(n2nc(-c3ccc(C(=O)c4cccc(F)c4)cc3F)c3c(N)ncnc32)C1. The van der Waals surface area contributed by atoms with Crippen molar-refractivity contribution in [2.75, 3.05) is 18.8 Å². The number of carbonyl (C=O) groups is 2. The summed E-state index contributed by atoms with van der Waals surface area (Å²) in [4.78, 5) is 35.0. The Morgan fingerprint density at radius 1 is 1.11 bits per heavy atom. The summed E-state index contributed by atoms with van der Waals surface area (Å²) in [6.07, 6.45) is 4.08. The van der Waals surface area contributed by atoms with Crippen LogP contribution in [0.25, 0.3) is 22.3 Å². The number of nitrogens with zero attached hydrogens (tertiary/aromatic N) is 5. The highest BCUT2D eigenvalue weighted by Gasteiger charge is 2.28. The number of nitrogens with two attached hydrogens (primary N) is 1. The first kappa shape index (κ1) is 23.3. The van der Waals surface area contributed by atoms with E-state index in [0.29, 0.717) is 24.1 Å². The molecule has 3 heterocycles. The number of piperidine rings is 1. The maximum atomic E-state index is 15.4. The van der Waals surface area contributed by atoms with E-state index >= 15 is 4.39 Å². The lowest BCUT2D eigenvalue weighted by Crippen LogP contribution is -2.40. The van der Waals surface area contributed by atoms with Gasteiger partial charge in [0.1, 0.15) is 29.5 Å². The second-order valence-corrected chi connectivity index (χ2v) is 8.57. The van der Waals surface area contributed by atoms with E-state index in [0.717, 1.165) is 25.0 Å². The first-order valence-electron chi connectivity index (χ1n) is 11.4. The van der Waals surface area contributed by atoms with Crippen molar-refractivity contribution in [3.63, 3.8) is 0 Å². The van der Waals surface area contributed by atoms with E-state index < -0.39 is 17.4 Å². The lowest BCUT2D eigenvalue weighted by atomic mass is 10.00. The van der Waals surface area contributed by atoms with Gasteiger partial charge in [-0.3, -0.25) is 9.59 Å². The molecule has 0 saturated carbocycles. The van der Waals surface area contributed by atoms with Crippen LogP contribution in [0.15, 0.2) is 61.4 Å². The molecule has 0 spiro atoms. The molecule has 1 amide bonds. The maximum Gasteiger partial charge on any atom is 0.246 e. The number of benzene rings is 2. The van der Waals surface area contributed by atoms with Gasteiger partial charge in [-0.25, -0.2) is 23.4 Å². The normalized spacial score (nSPS) is 15.7. The number of ketones is 1. The van der Waals surface area contributed by atoms with Crippen LogP contribution < -0.4 is 5.73 Å². The Bertz CT molecular complexity index is 1520. The fourth-order valence-electron chi connectivity index (χ4n) is 4.57. The van der Waals surface area contributed by atoms with Crippen molar-refractivity contribution >= 4 is 28.5 Å². The fraction of sp³-hybridized carbons (Fsp3) is 0.192. The van der Waals surface area contributed by atoms with Gasteiger partial charge < -0.3 is 10.6 Å². The molecule has 36 heavy (non-hydrogen) atoms. The molecule has 0 aliphatic carbocycles. The molecule has 5 rings (SSSR count). The molecule has 0 radical (unpaired) electrons. The summed E-state index contributed by atoms with van der Waals surface area (Å²) in [6, 6.07) is 9.01. The topological polar surface area (TPSA) is 107 Å². The summed E-state index contributed by atoms with van der Waals surface area (Å²) >= 11 is 0. The number of amides is 1. The molecule has 1 aliphatic heterocycles. The van der Waals surface area contributed by atoms with Gasteiger partial charge >= 0.3 is 0 Å². The molecule has 10 heteroatoms. The van der Waals surface area contributed by atoms with Gasteiger partial charge in [-0.1, -0.05) is 24.8 Å². The smallest absolute Gasteiger partial charge is 0.246 e. The van der Waals surface area contributed by atoms with Crippen LogP contribution in [0.1, 0.15) is 34.8 Å². The molecule has 1 atom stereocenters. The lowest BCUT2D eigenvalue weighted by Gasteiger charge is -2.32. The van der Waals surface area contributed by atoms with Crippen LogP contribution in [0, 0.1) is 11.6 Å². The molecule has 1 unspecified atom stereocenters. The molecule has 2 aromatic heterocycles. The zero-order valence-corrected chi connectivity index (χ0v) is 19.2. The fourth-order valence-corrected chi connectivity index (χ4v) is 4.57. The van der Waals surface area contributed by atoms with E-state index in [2.05, 4.69) is 21.6 Å². The molecule has 1 saturated heterocycles. The number of fused-ring (bicyclic) bond motifs is 1. The zero-order valence-electron chi connectivity index (χ0n) is 19.2. The average Bonchev–Trinajstić information content (AvgIpc) is 3.28. The van der Waals surface area contributed by atoms with Crippen LogP contribution in [-0.2, 0) is 4.79 Å². The highest BCUT2D eigenvalue weighted by Crippen LogP contribution is 2.35. The zero-order chi connectivity index (χ0) is 25.4. The Kier molecular flexibility index (Phi) is 6.01. The molecular weight excluding hydrogens is 466 g/mol. The van der Waals surface area contributed by atoms with E-state index in [1.165, 1.54) is 42.7 Å². The highest BCUT2D eigenvalue weighted by molar-refractivity contribution is 6.09. The molecule has 0 bridgehead atoms. The second kappa shape index (κ2) is 9.29. The van der Waals surface area contributed by atoms with Crippen molar-refractivity contribution in [1.29, 1.82) is 0 Å². The van der Waals surface area contributed by atoms with Gasteiger partial charge in [0.15, 0.2) is 11.4 Å². The van der Waals surface area contributed by atoms with Gasteiger partial charge in [-0.15, -0.1) is 0 Å². The van der Waals surface area contributed by atoms with Crippen LogP contribution in [0.4, 0.5) is 14.6 Å². The Hall–Kier alpha value is -4.47. The van der Waals surface area contributed by atoms with E-state index in [1.54, 1.807) is 9.58 Å².